The predicted octanol–water partition coefficient (Wildman–Crippen LogP) is 2.20. The fraction of sp³-hybridized carbons (Fsp3) is 0.462. The van der Waals surface area contributed by atoms with Crippen LogP contribution in [0.1, 0.15) is 18.4 Å². The molecule has 0 aliphatic carbocycles. The lowest BCUT2D eigenvalue weighted by atomic mass is 9.96. The van der Waals surface area contributed by atoms with E-state index in [0.717, 1.165) is 5.56 Å². The molecule has 1 saturated heterocycles. The molecule has 0 amide bonds. The smallest absolute Gasteiger partial charge is 0.306 e. The van der Waals surface area contributed by atoms with Gasteiger partial charge >= 0.3 is 5.97 Å². The lowest BCUT2D eigenvalue weighted by Crippen LogP contribution is -2.36. The van der Waals surface area contributed by atoms with Crippen molar-refractivity contribution < 1.29 is 14.8 Å². The summed E-state index contributed by atoms with van der Waals surface area (Å²) < 4.78 is 0. The Hall–Kier alpha value is -2.11. The van der Waals surface area contributed by atoms with Gasteiger partial charge in [0.25, 0.3) is 5.69 Å². The summed E-state index contributed by atoms with van der Waals surface area (Å²) in [5, 5.41) is 20.0. The van der Waals surface area contributed by atoms with Crippen molar-refractivity contribution in [2.45, 2.75) is 19.8 Å². The first-order valence-electron chi connectivity index (χ1n) is 6.22. The highest BCUT2D eigenvalue weighted by Gasteiger charge is 2.27. The van der Waals surface area contributed by atoms with Crippen molar-refractivity contribution in [3.8, 4) is 0 Å². The molecule has 1 aliphatic heterocycles. The van der Waals surface area contributed by atoms with E-state index in [2.05, 4.69) is 0 Å². The maximum absolute atomic E-state index is 11.1. The number of hydrogen-bond donors (Lipinski definition) is 1. The summed E-state index contributed by atoms with van der Waals surface area (Å²) in [7, 11) is 0. The van der Waals surface area contributed by atoms with Gasteiger partial charge in [-0.1, -0.05) is 6.07 Å². The molecule has 0 bridgehead atoms. The molecule has 0 saturated carbocycles. The van der Waals surface area contributed by atoms with Gasteiger partial charge in [-0.25, -0.2) is 0 Å². The Kier molecular flexibility index (Phi) is 3.69. The van der Waals surface area contributed by atoms with E-state index in [0.29, 0.717) is 31.6 Å². The molecule has 0 unspecified atom stereocenters. The van der Waals surface area contributed by atoms with Crippen LogP contribution in [0.25, 0.3) is 0 Å². The number of aliphatic carboxylic acids is 1. The van der Waals surface area contributed by atoms with Crippen molar-refractivity contribution in [2.24, 2.45) is 5.92 Å². The largest absolute Gasteiger partial charge is 0.481 e. The van der Waals surface area contributed by atoms with Crippen LogP contribution in [0.5, 0.6) is 0 Å². The van der Waals surface area contributed by atoms with Crippen LogP contribution in [0.15, 0.2) is 18.2 Å². The van der Waals surface area contributed by atoms with Gasteiger partial charge in [0.1, 0.15) is 5.69 Å². The maximum Gasteiger partial charge on any atom is 0.306 e. The minimum absolute atomic E-state index is 0.0915. The third-order valence-corrected chi connectivity index (χ3v) is 3.51. The van der Waals surface area contributed by atoms with Crippen molar-refractivity contribution in [3.05, 3.63) is 33.9 Å². The van der Waals surface area contributed by atoms with Gasteiger partial charge in [0, 0.05) is 19.2 Å². The Bertz CT molecular complexity index is 507. The summed E-state index contributed by atoms with van der Waals surface area (Å²) in [5.74, 6) is -1.11. The first-order chi connectivity index (χ1) is 8.99. The van der Waals surface area contributed by atoms with Crippen molar-refractivity contribution in [1.82, 2.24) is 0 Å². The molecule has 6 nitrogen and oxygen atoms in total. The van der Waals surface area contributed by atoms with E-state index in [1.54, 1.807) is 12.1 Å². The van der Waals surface area contributed by atoms with Crippen LogP contribution >= 0.6 is 0 Å². The third kappa shape index (κ3) is 2.83. The second-order valence-electron chi connectivity index (χ2n) is 4.85. The van der Waals surface area contributed by atoms with E-state index in [1.165, 1.54) is 0 Å². The molecule has 1 N–H and O–H groups in total. The van der Waals surface area contributed by atoms with E-state index in [1.807, 2.05) is 17.9 Å². The van der Waals surface area contributed by atoms with Crippen molar-refractivity contribution in [3.63, 3.8) is 0 Å². The number of piperidine rings is 1. The fourth-order valence-corrected chi connectivity index (χ4v) is 2.41. The van der Waals surface area contributed by atoms with Crippen LogP contribution in [0.4, 0.5) is 11.4 Å². The van der Waals surface area contributed by atoms with E-state index in [4.69, 9.17) is 5.11 Å². The van der Waals surface area contributed by atoms with Gasteiger partial charge in [0.05, 0.1) is 10.8 Å². The topological polar surface area (TPSA) is 83.7 Å². The second kappa shape index (κ2) is 5.26. The molecule has 19 heavy (non-hydrogen) atoms. The first-order valence-corrected chi connectivity index (χ1v) is 6.22. The number of hydrogen-bond acceptors (Lipinski definition) is 4. The predicted molar refractivity (Wildman–Crippen MR) is 70.4 cm³/mol. The Morgan fingerprint density at radius 3 is 2.58 bits per heavy atom. The lowest BCUT2D eigenvalue weighted by molar-refractivity contribution is -0.384. The number of nitro benzene ring substituents is 1. The number of carboxylic acid groups (broad SMARTS) is 1. The van der Waals surface area contributed by atoms with E-state index < -0.39 is 5.97 Å². The number of anilines is 1. The first kappa shape index (κ1) is 13.3. The van der Waals surface area contributed by atoms with Gasteiger partial charge in [0.15, 0.2) is 0 Å². The third-order valence-electron chi connectivity index (χ3n) is 3.51. The second-order valence-corrected chi connectivity index (χ2v) is 4.85. The van der Waals surface area contributed by atoms with E-state index in [-0.39, 0.29) is 16.5 Å². The van der Waals surface area contributed by atoms with Crippen LogP contribution in [-0.4, -0.2) is 29.1 Å². The molecule has 1 fully saturated rings. The summed E-state index contributed by atoms with van der Waals surface area (Å²) in [6.07, 6.45) is 1.06. The molecule has 2 rings (SSSR count). The average molecular weight is 264 g/mol. The normalized spacial score (nSPS) is 16.4. The minimum Gasteiger partial charge on any atom is -0.481 e. The summed E-state index contributed by atoms with van der Waals surface area (Å²) in [4.78, 5) is 23.5. The molecule has 0 radical (unpaired) electrons. The Labute approximate surface area is 110 Å². The molecular formula is C13H16N2O4. The van der Waals surface area contributed by atoms with Crippen molar-refractivity contribution in [2.75, 3.05) is 18.0 Å². The number of aryl methyl sites for hydroxylation is 1. The van der Waals surface area contributed by atoms with Crippen LogP contribution < -0.4 is 4.90 Å². The Balaban J connectivity index is 2.20. The zero-order valence-corrected chi connectivity index (χ0v) is 10.7. The Morgan fingerprint density at radius 1 is 1.42 bits per heavy atom. The molecule has 1 aromatic carbocycles. The molecule has 0 aromatic heterocycles. The minimum atomic E-state index is -0.780. The van der Waals surface area contributed by atoms with Gasteiger partial charge in [-0.3, -0.25) is 14.9 Å². The molecule has 6 heteroatoms. The monoisotopic (exact) mass is 264 g/mol. The molecular weight excluding hydrogens is 248 g/mol. The Morgan fingerprint density at radius 2 is 2.05 bits per heavy atom. The fourth-order valence-electron chi connectivity index (χ4n) is 2.41. The molecule has 0 spiro atoms. The van der Waals surface area contributed by atoms with Gasteiger partial charge < -0.3 is 10.0 Å². The summed E-state index contributed by atoms with van der Waals surface area (Å²) in [6, 6.07) is 5.14. The lowest BCUT2D eigenvalue weighted by Gasteiger charge is -2.31. The number of nitrogens with zero attached hydrogens (tertiary/aromatic N) is 2. The van der Waals surface area contributed by atoms with Gasteiger partial charge in [-0.05, 0) is 31.4 Å². The SMILES string of the molecule is Cc1ccc(N2CCC(C(=O)O)CC2)c([N+](=O)[O-])c1. The van der Waals surface area contributed by atoms with Gasteiger partial charge in [-0.15, -0.1) is 0 Å². The van der Waals surface area contributed by atoms with Crippen LogP contribution in [-0.2, 0) is 4.79 Å². The van der Waals surface area contributed by atoms with Gasteiger partial charge in [0.2, 0.25) is 0 Å². The zero-order valence-electron chi connectivity index (χ0n) is 10.7. The van der Waals surface area contributed by atoms with E-state index in [9.17, 15) is 14.9 Å². The molecule has 1 aliphatic rings. The molecule has 0 atom stereocenters. The number of carbonyl (C=O) groups is 1. The average Bonchev–Trinajstić information content (AvgIpc) is 2.38. The standard InChI is InChI=1S/C13H16N2O4/c1-9-2-3-11(12(8-9)15(18)19)14-6-4-10(5-7-14)13(16)17/h2-3,8,10H,4-7H2,1H3,(H,16,17). The van der Waals surface area contributed by atoms with Crippen molar-refractivity contribution >= 4 is 17.3 Å². The summed E-state index contributed by atoms with van der Waals surface area (Å²) >= 11 is 0. The molecule has 102 valence electrons. The molecule has 1 heterocycles. The number of rotatable bonds is 3. The number of carboxylic acids is 1. The van der Waals surface area contributed by atoms with Crippen LogP contribution in [0.2, 0.25) is 0 Å². The number of benzene rings is 1. The maximum atomic E-state index is 11.1. The van der Waals surface area contributed by atoms with Crippen molar-refractivity contribution in [1.29, 1.82) is 0 Å². The molecule has 1 aromatic rings. The quantitative estimate of drug-likeness (QED) is 0.668. The van der Waals surface area contributed by atoms with Crippen LogP contribution in [0.3, 0.4) is 0 Å². The highest BCUT2D eigenvalue weighted by Crippen LogP contribution is 2.32. The highest BCUT2D eigenvalue weighted by molar-refractivity contribution is 5.71. The summed E-state index contributed by atoms with van der Waals surface area (Å²) in [5.41, 5.74) is 1.52. The highest BCUT2D eigenvalue weighted by atomic mass is 16.6. The summed E-state index contributed by atoms with van der Waals surface area (Å²) in [6.45, 7) is 2.90. The zero-order chi connectivity index (χ0) is 14.0. The van der Waals surface area contributed by atoms with Gasteiger partial charge in [-0.2, -0.15) is 0 Å². The van der Waals surface area contributed by atoms with Crippen LogP contribution in [0, 0.1) is 23.0 Å². The van der Waals surface area contributed by atoms with E-state index >= 15 is 0 Å². The number of nitro groups is 1.